The van der Waals surface area contributed by atoms with E-state index < -0.39 is 0 Å². The molecular formula is C21H21N5O3. The average Bonchev–Trinajstić information content (AvgIpc) is 3.19. The standard InChI is InChI=1S/C21H21N5O3/c1-28-25-19-17(26-8-10-29-11-9-26)7-6-16-18(19)24-20(22-16)14-12-13-4-2-3-5-15(13)23-21(14)27/h2-7,12,25H,8-11H2,1H3,(H,22,24)(H,23,27). The van der Waals surface area contributed by atoms with Crippen LogP contribution in [-0.4, -0.2) is 48.4 Å². The molecule has 0 atom stereocenters. The van der Waals surface area contributed by atoms with Crippen molar-refractivity contribution in [2.75, 3.05) is 43.8 Å². The molecule has 1 aliphatic heterocycles. The number of rotatable bonds is 4. The van der Waals surface area contributed by atoms with E-state index in [1.165, 1.54) is 0 Å². The Labute approximate surface area is 166 Å². The van der Waals surface area contributed by atoms with Crippen molar-refractivity contribution in [1.82, 2.24) is 15.0 Å². The van der Waals surface area contributed by atoms with Gasteiger partial charge in [0.05, 0.1) is 37.1 Å². The zero-order valence-corrected chi connectivity index (χ0v) is 16.0. The van der Waals surface area contributed by atoms with Gasteiger partial charge in [0.1, 0.15) is 17.0 Å². The molecule has 3 heterocycles. The number of imidazole rings is 1. The highest BCUT2D eigenvalue weighted by Crippen LogP contribution is 2.34. The lowest BCUT2D eigenvalue weighted by molar-refractivity contribution is 0.122. The van der Waals surface area contributed by atoms with E-state index in [0.717, 1.165) is 46.4 Å². The second-order valence-electron chi connectivity index (χ2n) is 6.95. The van der Waals surface area contributed by atoms with E-state index in [1.54, 1.807) is 7.11 Å². The van der Waals surface area contributed by atoms with Crippen molar-refractivity contribution in [3.63, 3.8) is 0 Å². The first kappa shape index (κ1) is 17.7. The average molecular weight is 391 g/mol. The molecule has 8 nitrogen and oxygen atoms in total. The Balaban J connectivity index is 1.66. The first-order valence-corrected chi connectivity index (χ1v) is 9.51. The van der Waals surface area contributed by atoms with Crippen molar-refractivity contribution < 1.29 is 9.57 Å². The van der Waals surface area contributed by atoms with Gasteiger partial charge in [0.2, 0.25) is 0 Å². The van der Waals surface area contributed by atoms with Crippen LogP contribution < -0.4 is 15.9 Å². The number of hydrogen-bond acceptors (Lipinski definition) is 6. The van der Waals surface area contributed by atoms with E-state index in [1.807, 2.05) is 42.5 Å². The molecule has 0 radical (unpaired) electrons. The van der Waals surface area contributed by atoms with Gasteiger partial charge in [0, 0.05) is 18.6 Å². The van der Waals surface area contributed by atoms with Crippen molar-refractivity contribution in [2.24, 2.45) is 0 Å². The molecule has 148 valence electrons. The zero-order valence-electron chi connectivity index (χ0n) is 16.0. The van der Waals surface area contributed by atoms with Crippen LogP contribution in [0.15, 0.2) is 47.3 Å². The molecule has 0 spiro atoms. The predicted molar refractivity (Wildman–Crippen MR) is 113 cm³/mol. The van der Waals surface area contributed by atoms with Crippen LogP contribution in [0.2, 0.25) is 0 Å². The highest BCUT2D eigenvalue weighted by atomic mass is 16.6. The number of H-pyrrole nitrogens is 2. The fraction of sp³-hybridized carbons (Fsp3) is 0.238. The van der Waals surface area contributed by atoms with Gasteiger partial charge in [-0.25, -0.2) is 4.98 Å². The minimum Gasteiger partial charge on any atom is -0.378 e. The zero-order chi connectivity index (χ0) is 19.8. The second kappa shape index (κ2) is 7.23. The van der Waals surface area contributed by atoms with Crippen LogP contribution in [0.1, 0.15) is 0 Å². The van der Waals surface area contributed by atoms with Gasteiger partial charge in [-0.05, 0) is 29.7 Å². The van der Waals surface area contributed by atoms with Crippen molar-refractivity contribution in [3.05, 3.63) is 52.8 Å². The van der Waals surface area contributed by atoms with Crippen molar-refractivity contribution in [2.45, 2.75) is 0 Å². The van der Waals surface area contributed by atoms with E-state index in [2.05, 4.69) is 20.3 Å². The Morgan fingerprint density at radius 3 is 2.76 bits per heavy atom. The third-order valence-corrected chi connectivity index (χ3v) is 5.20. The fourth-order valence-corrected chi connectivity index (χ4v) is 3.79. The molecule has 0 aliphatic carbocycles. The molecule has 0 saturated carbocycles. The molecule has 0 amide bonds. The summed E-state index contributed by atoms with van der Waals surface area (Å²) in [6.07, 6.45) is 0. The van der Waals surface area contributed by atoms with E-state index in [9.17, 15) is 4.79 Å². The third-order valence-electron chi connectivity index (χ3n) is 5.20. The number of morpholine rings is 1. The molecule has 8 heteroatoms. The lowest BCUT2D eigenvalue weighted by atomic mass is 10.1. The number of hydrogen-bond donors (Lipinski definition) is 3. The number of pyridine rings is 1. The Kier molecular flexibility index (Phi) is 4.42. The molecule has 4 aromatic rings. The maximum atomic E-state index is 12.7. The summed E-state index contributed by atoms with van der Waals surface area (Å²) in [7, 11) is 1.57. The lowest BCUT2D eigenvalue weighted by Crippen LogP contribution is -2.36. The lowest BCUT2D eigenvalue weighted by Gasteiger charge is -2.30. The number of fused-ring (bicyclic) bond motifs is 2. The van der Waals surface area contributed by atoms with Crippen LogP contribution >= 0.6 is 0 Å². The Bertz CT molecular complexity index is 1240. The van der Waals surface area contributed by atoms with Gasteiger partial charge in [-0.1, -0.05) is 18.2 Å². The molecule has 5 rings (SSSR count). The molecular weight excluding hydrogens is 370 g/mol. The molecule has 0 bridgehead atoms. The SMILES string of the molecule is CONc1c(N2CCOCC2)ccc2[nH]c(-c3cc4ccccc4[nH]c3=O)nc12. The molecule has 3 N–H and O–H groups in total. The molecule has 1 aliphatic rings. The molecule has 2 aromatic carbocycles. The number of aromatic nitrogens is 3. The maximum absolute atomic E-state index is 12.7. The smallest absolute Gasteiger partial charge is 0.259 e. The highest BCUT2D eigenvalue weighted by Gasteiger charge is 2.20. The molecule has 0 unspecified atom stereocenters. The van der Waals surface area contributed by atoms with Crippen molar-refractivity contribution in [3.8, 4) is 11.4 Å². The number of benzene rings is 2. The minimum atomic E-state index is -0.183. The molecule has 1 saturated heterocycles. The number of anilines is 2. The van der Waals surface area contributed by atoms with Crippen LogP contribution in [0.5, 0.6) is 0 Å². The van der Waals surface area contributed by atoms with Crippen molar-refractivity contribution in [1.29, 1.82) is 0 Å². The Hall–Kier alpha value is -3.36. The third kappa shape index (κ3) is 3.12. The number of nitrogens with zero attached hydrogens (tertiary/aromatic N) is 2. The first-order valence-electron chi connectivity index (χ1n) is 9.51. The van der Waals surface area contributed by atoms with Crippen LogP contribution in [0, 0.1) is 0 Å². The summed E-state index contributed by atoms with van der Waals surface area (Å²) in [5, 5.41) is 0.951. The van der Waals surface area contributed by atoms with E-state index in [0.29, 0.717) is 24.6 Å². The normalized spacial score (nSPS) is 14.6. The predicted octanol–water partition coefficient (Wildman–Crippen LogP) is 2.88. The van der Waals surface area contributed by atoms with Crippen molar-refractivity contribution >= 4 is 33.3 Å². The topological polar surface area (TPSA) is 95.3 Å². The number of ether oxygens (including phenoxy) is 1. The summed E-state index contributed by atoms with van der Waals surface area (Å²) in [6, 6.07) is 13.6. The van der Waals surface area contributed by atoms with Gasteiger partial charge in [-0.15, -0.1) is 0 Å². The summed E-state index contributed by atoms with van der Waals surface area (Å²) in [4.78, 5) is 31.1. The van der Waals surface area contributed by atoms with Gasteiger partial charge in [-0.2, -0.15) is 0 Å². The Morgan fingerprint density at radius 1 is 1.10 bits per heavy atom. The van der Waals surface area contributed by atoms with Gasteiger partial charge in [0.15, 0.2) is 0 Å². The van der Waals surface area contributed by atoms with E-state index in [4.69, 9.17) is 14.6 Å². The monoisotopic (exact) mass is 391 g/mol. The number of aromatic amines is 2. The fourth-order valence-electron chi connectivity index (χ4n) is 3.79. The largest absolute Gasteiger partial charge is 0.378 e. The second-order valence-corrected chi connectivity index (χ2v) is 6.95. The van der Waals surface area contributed by atoms with E-state index >= 15 is 0 Å². The minimum absolute atomic E-state index is 0.183. The van der Waals surface area contributed by atoms with Gasteiger partial charge in [-0.3, -0.25) is 15.1 Å². The van der Waals surface area contributed by atoms with Crippen LogP contribution in [0.25, 0.3) is 33.3 Å². The van der Waals surface area contributed by atoms with Crippen LogP contribution in [-0.2, 0) is 9.57 Å². The number of para-hydroxylation sites is 1. The molecule has 29 heavy (non-hydrogen) atoms. The van der Waals surface area contributed by atoms with Crippen LogP contribution in [0.4, 0.5) is 11.4 Å². The van der Waals surface area contributed by atoms with Gasteiger partial charge >= 0.3 is 0 Å². The number of nitrogens with one attached hydrogen (secondary N) is 3. The summed E-state index contributed by atoms with van der Waals surface area (Å²) in [5.74, 6) is 0.519. The highest BCUT2D eigenvalue weighted by molar-refractivity contribution is 5.97. The quantitative estimate of drug-likeness (QED) is 0.463. The molecule has 2 aromatic heterocycles. The summed E-state index contributed by atoms with van der Waals surface area (Å²) in [6.45, 7) is 2.96. The van der Waals surface area contributed by atoms with E-state index in [-0.39, 0.29) is 5.56 Å². The maximum Gasteiger partial charge on any atom is 0.259 e. The first-order chi connectivity index (χ1) is 14.2. The van der Waals surface area contributed by atoms with Gasteiger partial charge in [0.25, 0.3) is 5.56 Å². The summed E-state index contributed by atoms with van der Waals surface area (Å²) < 4.78 is 5.47. The van der Waals surface area contributed by atoms with Crippen LogP contribution in [0.3, 0.4) is 0 Å². The Morgan fingerprint density at radius 2 is 1.93 bits per heavy atom. The molecule has 1 fully saturated rings. The van der Waals surface area contributed by atoms with Gasteiger partial charge < -0.3 is 19.6 Å². The summed E-state index contributed by atoms with van der Waals surface area (Å²) >= 11 is 0. The summed E-state index contributed by atoms with van der Waals surface area (Å²) in [5.41, 5.74) is 7.40.